The van der Waals surface area contributed by atoms with E-state index in [1.54, 1.807) is 0 Å². The van der Waals surface area contributed by atoms with Crippen molar-refractivity contribution in [3.05, 3.63) is 57.0 Å². The van der Waals surface area contributed by atoms with Crippen LogP contribution >= 0.6 is 11.8 Å². The van der Waals surface area contributed by atoms with Crippen LogP contribution < -0.4 is 17.0 Å². The molecule has 2 heterocycles. The highest BCUT2D eigenvalue weighted by Gasteiger charge is 2.21. The molecule has 0 aliphatic heterocycles. The summed E-state index contributed by atoms with van der Waals surface area (Å²) in [6.07, 6.45) is 2.08. The van der Waals surface area contributed by atoms with Crippen molar-refractivity contribution in [3.63, 3.8) is 0 Å². The highest BCUT2D eigenvalue weighted by Crippen LogP contribution is 2.25. The van der Waals surface area contributed by atoms with E-state index in [2.05, 4.69) is 9.97 Å². The number of aromatic nitrogens is 4. The predicted octanol–water partition coefficient (Wildman–Crippen LogP) is 1.46. The minimum atomic E-state index is -0.678. The van der Waals surface area contributed by atoms with Gasteiger partial charge in [0.05, 0.1) is 11.3 Å². The van der Waals surface area contributed by atoms with Crippen LogP contribution in [0, 0.1) is 0 Å². The van der Waals surface area contributed by atoms with Crippen LogP contribution in [0.4, 0.5) is 5.82 Å². The van der Waals surface area contributed by atoms with Gasteiger partial charge < -0.3 is 5.73 Å². The van der Waals surface area contributed by atoms with Crippen molar-refractivity contribution in [2.24, 2.45) is 7.05 Å². The normalized spacial score (nSPS) is 11.0. The van der Waals surface area contributed by atoms with Crippen LogP contribution in [0.5, 0.6) is 0 Å². The SMILES string of the molecule is CCCn1c(N)c(C(=O)CSc2ncnc3ccccc23)c(=O)n(C)c1=O. The topological polar surface area (TPSA) is 113 Å². The number of nitrogen functional groups attached to an aromatic ring is 1. The molecule has 0 fully saturated rings. The molecule has 0 atom stereocenters. The average molecular weight is 385 g/mol. The first-order valence-electron chi connectivity index (χ1n) is 8.40. The maximum atomic E-state index is 12.7. The van der Waals surface area contributed by atoms with E-state index in [1.807, 2.05) is 31.2 Å². The molecule has 2 N–H and O–H groups in total. The summed E-state index contributed by atoms with van der Waals surface area (Å²) >= 11 is 1.21. The number of para-hydroxylation sites is 1. The maximum absolute atomic E-state index is 12.7. The number of rotatable bonds is 6. The first-order chi connectivity index (χ1) is 13.0. The number of hydrogen-bond acceptors (Lipinski definition) is 7. The molecule has 9 heteroatoms. The first-order valence-corrected chi connectivity index (χ1v) is 9.39. The molecule has 0 saturated carbocycles. The lowest BCUT2D eigenvalue weighted by atomic mass is 10.2. The molecule has 140 valence electrons. The zero-order valence-corrected chi connectivity index (χ0v) is 15.8. The Morgan fingerprint density at radius 2 is 1.96 bits per heavy atom. The van der Waals surface area contributed by atoms with Crippen LogP contribution in [0.15, 0.2) is 45.2 Å². The number of benzene rings is 1. The van der Waals surface area contributed by atoms with Crippen LogP contribution in [0.3, 0.4) is 0 Å². The standard InChI is InChI=1S/C18H19N5O3S/c1-3-8-23-15(19)14(17(25)22(2)18(23)26)13(24)9-27-16-11-6-4-5-7-12(11)20-10-21-16/h4-7,10H,3,8-9,19H2,1-2H3. The number of carbonyl (C=O) groups is 1. The van der Waals surface area contributed by atoms with Crippen molar-refractivity contribution < 1.29 is 4.79 Å². The first kappa shape index (κ1) is 18.8. The summed E-state index contributed by atoms with van der Waals surface area (Å²) in [5.41, 5.74) is 5.41. The number of anilines is 1. The molecule has 0 aliphatic rings. The number of nitrogens with two attached hydrogens (primary N) is 1. The Hall–Kier alpha value is -2.94. The number of ketones is 1. The molecule has 0 spiro atoms. The Morgan fingerprint density at radius 3 is 2.70 bits per heavy atom. The van der Waals surface area contributed by atoms with Crippen molar-refractivity contribution in [1.82, 2.24) is 19.1 Å². The molecule has 3 aromatic rings. The summed E-state index contributed by atoms with van der Waals surface area (Å²) in [6, 6.07) is 7.47. The summed E-state index contributed by atoms with van der Waals surface area (Å²) in [7, 11) is 1.35. The second kappa shape index (κ2) is 7.75. The lowest BCUT2D eigenvalue weighted by Crippen LogP contribution is -2.42. The van der Waals surface area contributed by atoms with E-state index in [-0.39, 0.29) is 17.1 Å². The van der Waals surface area contributed by atoms with Crippen molar-refractivity contribution in [2.45, 2.75) is 24.9 Å². The van der Waals surface area contributed by atoms with E-state index < -0.39 is 17.0 Å². The molecule has 2 aromatic heterocycles. The van der Waals surface area contributed by atoms with E-state index in [0.717, 1.165) is 15.5 Å². The van der Waals surface area contributed by atoms with Crippen molar-refractivity contribution >= 4 is 34.3 Å². The van der Waals surface area contributed by atoms with Gasteiger partial charge >= 0.3 is 5.69 Å². The summed E-state index contributed by atoms with van der Waals surface area (Å²) in [5, 5.41) is 1.47. The van der Waals surface area contributed by atoms with Gasteiger partial charge in [0, 0.05) is 19.0 Å². The lowest BCUT2D eigenvalue weighted by Gasteiger charge is -2.13. The van der Waals surface area contributed by atoms with Gasteiger partial charge in [0.25, 0.3) is 5.56 Å². The molecular weight excluding hydrogens is 366 g/mol. The molecule has 0 amide bonds. The second-order valence-corrected chi connectivity index (χ2v) is 6.93. The Bertz CT molecular complexity index is 1130. The van der Waals surface area contributed by atoms with Crippen LogP contribution in [0.25, 0.3) is 10.9 Å². The maximum Gasteiger partial charge on any atom is 0.332 e. The third-order valence-electron chi connectivity index (χ3n) is 4.16. The van der Waals surface area contributed by atoms with Gasteiger partial charge in [-0.2, -0.15) is 0 Å². The molecule has 3 rings (SSSR count). The number of Topliss-reactive ketones (excluding diaryl/α,β-unsaturated/α-hetero) is 1. The van der Waals surface area contributed by atoms with Crippen molar-refractivity contribution in [1.29, 1.82) is 0 Å². The van der Waals surface area contributed by atoms with Crippen LogP contribution in [0.2, 0.25) is 0 Å². The van der Waals surface area contributed by atoms with Gasteiger partial charge in [-0.25, -0.2) is 14.8 Å². The van der Waals surface area contributed by atoms with Gasteiger partial charge in [0.1, 0.15) is 22.7 Å². The second-order valence-electron chi connectivity index (χ2n) is 5.97. The molecule has 27 heavy (non-hydrogen) atoms. The van der Waals surface area contributed by atoms with Gasteiger partial charge in [-0.3, -0.25) is 18.7 Å². The van der Waals surface area contributed by atoms with Crippen molar-refractivity contribution in [3.8, 4) is 0 Å². The van der Waals surface area contributed by atoms with Gasteiger partial charge in [-0.15, -0.1) is 0 Å². The van der Waals surface area contributed by atoms with E-state index in [4.69, 9.17) is 5.73 Å². The Labute approximate surface area is 159 Å². The summed E-state index contributed by atoms with van der Waals surface area (Å²) < 4.78 is 2.18. The molecule has 0 radical (unpaired) electrons. The fourth-order valence-electron chi connectivity index (χ4n) is 2.79. The minimum Gasteiger partial charge on any atom is -0.384 e. The summed E-state index contributed by atoms with van der Waals surface area (Å²) in [4.78, 5) is 45.8. The quantitative estimate of drug-likeness (QED) is 0.388. The van der Waals surface area contributed by atoms with E-state index in [0.29, 0.717) is 18.0 Å². The molecule has 1 aromatic carbocycles. The number of nitrogens with zero attached hydrogens (tertiary/aromatic N) is 4. The fourth-order valence-corrected chi connectivity index (χ4v) is 3.65. The number of carbonyl (C=O) groups excluding carboxylic acids is 1. The Morgan fingerprint density at radius 1 is 1.22 bits per heavy atom. The summed E-state index contributed by atoms with van der Waals surface area (Å²) in [5.74, 6) is -0.543. The fraction of sp³-hybridized carbons (Fsp3) is 0.278. The molecule has 0 saturated heterocycles. The highest BCUT2D eigenvalue weighted by molar-refractivity contribution is 8.00. The van der Waals surface area contributed by atoms with E-state index in [9.17, 15) is 14.4 Å². The molecular formula is C18H19N5O3S. The lowest BCUT2D eigenvalue weighted by molar-refractivity contribution is 0.102. The van der Waals surface area contributed by atoms with Gasteiger partial charge in [-0.1, -0.05) is 36.9 Å². The number of thioether (sulfide) groups is 1. The van der Waals surface area contributed by atoms with Gasteiger partial charge in [0.2, 0.25) is 0 Å². The third-order valence-corrected chi connectivity index (χ3v) is 5.16. The molecule has 8 nitrogen and oxygen atoms in total. The average Bonchev–Trinajstić information content (AvgIpc) is 2.68. The zero-order chi connectivity index (χ0) is 19.6. The monoisotopic (exact) mass is 385 g/mol. The highest BCUT2D eigenvalue weighted by atomic mass is 32.2. The smallest absolute Gasteiger partial charge is 0.332 e. The predicted molar refractivity (Wildman–Crippen MR) is 105 cm³/mol. The number of fused-ring (bicyclic) bond motifs is 1. The molecule has 0 aliphatic carbocycles. The van der Waals surface area contributed by atoms with Crippen molar-refractivity contribution in [2.75, 3.05) is 11.5 Å². The molecule has 0 unspecified atom stereocenters. The largest absolute Gasteiger partial charge is 0.384 e. The Balaban J connectivity index is 1.95. The van der Waals surface area contributed by atoms with E-state index >= 15 is 0 Å². The zero-order valence-electron chi connectivity index (χ0n) is 15.0. The van der Waals surface area contributed by atoms with Crippen LogP contribution in [-0.4, -0.2) is 30.6 Å². The Kier molecular flexibility index (Phi) is 5.41. The molecule has 0 bridgehead atoms. The number of hydrogen-bond donors (Lipinski definition) is 1. The van der Waals surface area contributed by atoms with Crippen LogP contribution in [-0.2, 0) is 13.6 Å². The summed E-state index contributed by atoms with van der Waals surface area (Å²) in [6.45, 7) is 2.22. The minimum absolute atomic E-state index is 0.0230. The van der Waals surface area contributed by atoms with E-state index in [1.165, 1.54) is 29.7 Å². The van der Waals surface area contributed by atoms with Crippen LogP contribution in [0.1, 0.15) is 23.7 Å². The van der Waals surface area contributed by atoms with Gasteiger partial charge in [0.15, 0.2) is 5.78 Å². The van der Waals surface area contributed by atoms with Gasteiger partial charge in [-0.05, 0) is 12.5 Å². The third kappa shape index (κ3) is 3.50.